The van der Waals surface area contributed by atoms with Crippen molar-refractivity contribution in [1.82, 2.24) is 9.47 Å². The minimum Gasteiger partial charge on any atom is -0.368 e. The number of fused-ring (bicyclic) bond motifs is 1. The monoisotopic (exact) mass is 405 g/mol. The van der Waals surface area contributed by atoms with Gasteiger partial charge in [0.2, 0.25) is 0 Å². The van der Waals surface area contributed by atoms with Crippen molar-refractivity contribution in [2.75, 3.05) is 31.1 Å². The van der Waals surface area contributed by atoms with Crippen molar-refractivity contribution in [3.8, 4) is 0 Å². The van der Waals surface area contributed by atoms with Crippen molar-refractivity contribution < 1.29 is 4.39 Å². The molecule has 5 rings (SSSR count). The van der Waals surface area contributed by atoms with Crippen molar-refractivity contribution in [3.63, 3.8) is 0 Å². The molecule has 3 nitrogen and oxygen atoms in total. The molecule has 30 heavy (non-hydrogen) atoms. The molecule has 1 aromatic carbocycles. The van der Waals surface area contributed by atoms with Gasteiger partial charge in [0.1, 0.15) is 5.83 Å². The number of hydrogen-bond donors (Lipinski definition) is 0. The van der Waals surface area contributed by atoms with Crippen molar-refractivity contribution >= 4 is 5.69 Å². The first-order chi connectivity index (χ1) is 14.7. The van der Waals surface area contributed by atoms with Crippen LogP contribution in [0.1, 0.15) is 36.8 Å². The Bertz CT molecular complexity index is 906. The quantitative estimate of drug-likeness (QED) is 0.656. The van der Waals surface area contributed by atoms with E-state index in [1.807, 2.05) is 0 Å². The Morgan fingerprint density at radius 1 is 1.03 bits per heavy atom. The van der Waals surface area contributed by atoms with E-state index in [0.29, 0.717) is 12.0 Å². The zero-order valence-corrected chi connectivity index (χ0v) is 17.7. The van der Waals surface area contributed by atoms with Gasteiger partial charge in [-0.3, -0.25) is 0 Å². The Kier molecular flexibility index (Phi) is 5.76. The van der Waals surface area contributed by atoms with Gasteiger partial charge in [0.25, 0.3) is 0 Å². The van der Waals surface area contributed by atoms with Crippen LogP contribution in [0.25, 0.3) is 0 Å². The van der Waals surface area contributed by atoms with Gasteiger partial charge in [-0.05, 0) is 86.0 Å². The van der Waals surface area contributed by atoms with Crippen LogP contribution in [0.3, 0.4) is 0 Å². The van der Waals surface area contributed by atoms with Crippen molar-refractivity contribution in [2.24, 2.45) is 5.92 Å². The summed E-state index contributed by atoms with van der Waals surface area (Å²) in [5.41, 5.74) is 4.37. The first kappa shape index (κ1) is 19.6. The van der Waals surface area contributed by atoms with E-state index in [0.717, 1.165) is 32.5 Å². The molecule has 1 fully saturated rings. The number of likely N-dealkylation sites (tertiary alicyclic amines) is 1. The molecule has 1 aromatic heterocycles. The summed E-state index contributed by atoms with van der Waals surface area (Å²) < 4.78 is 15.4. The third-order valence-electron chi connectivity index (χ3n) is 7.07. The molecule has 158 valence electrons. The van der Waals surface area contributed by atoms with Crippen LogP contribution < -0.4 is 4.90 Å². The van der Waals surface area contributed by atoms with Crippen LogP contribution in [0.4, 0.5) is 10.1 Å². The van der Waals surface area contributed by atoms with Gasteiger partial charge < -0.3 is 14.4 Å². The summed E-state index contributed by atoms with van der Waals surface area (Å²) in [7, 11) is 0. The second kappa shape index (κ2) is 8.81. The Hall–Kier alpha value is -2.33. The molecule has 0 bridgehead atoms. The molecule has 0 saturated carbocycles. The second-order valence-electron chi connectivity index (χ2n) is 9.07. The lowest BCUT2D eigenvalue weighted by Crippen LogP contribution is -2.44. The maximum Gasteiger partial charge on any atom is 0.118 e. The van der Waals surface area contributed by atoms with Crippen LogP contribution >= 0.6 is 0 Å². The zero-order valence-electron chi connectivity index (χ0n) is 17.7. The van der Waals surface area contributed by atoms with Gasteiger partial charge in [-0.1, -0.05) is 18.2 Å². The van der Waals surface area contributed by atoms with Crippen molar-refractivity contribution in [1.29, 1.82) is 0 Å². The lowest BCUT2D eigenvalue weighted by atomic mass is 9.95. The van der Waals surface area contributed by atoms with E-state index in [2.05, 4.69) is 63.2 Å². The Morgan fingerprint density at radius 3 is 2.63 bits per heavy atom. The summed E-state index contributed by atoms with van der Waals surface area (Å²) in [5, 5.41) is 0. The number of halogens is 1. The summed E-state index contributed by atoms with van der Waals surface area (Å²) in [6, 6.07) is 11.9. The van der Waals surface area contributed by atoms with Crippen LogP contribution in [0, 0.1) is 5.92 Å². The van der Waals surface area contributed by atoms with E-state index in [9.17, 15) is 4.39 Å². The van der Waals surface area contributed by atoms with Crippen molar-refractivity contribution in [3.05, 3.63) is 77.9 Å². The van der Waals surface area contributed by atoms with E-state index in [1.165, 1.54) is 49.2 Å². The standard InChI is InChI=1S/C26H32FN3/c27-24-7-4-21(5-8-24)9-15-28-16-11-25(12-17-28)30-18-10-23-6-3-22(19-26(23)30)20-29-13-1-2-14-29/h1-4,6-8,13-14,19,21,25H,5,9-12,15-18,20H2. The number of benzene rings is 1. The Morgan fingerprint density at radius 2 is 1.87 bits per heavy atom. The van der Waals surface area contributed by atoms with Gasteiger partial charge in [-0.25, -0.2) is 4.39 Å². The number of aromatic nitrogens is 1. The van der Waals surface area contributed by atoms with Crippen LogP contribution in [0.2, 0.25) is 0 Å². The summed E-state index contributed by atoms with van der Waals surface area (Å²) in [6.07, 6.45) is 15.4. The third-order valence-corrected chi connectivity index (χ3v) is 7.07. The normalized spacial score (nSPS) is 22.4. The number of anilines is 1. The minimum atomic E-state index is -0.0746. The van der Waals surface area contributed by atoms with E-state index in [1.54, 1.807) is 12.2 Å². The molecule has 3 heterocycles. The topological polar surface area (TPSA) is 11.4 Å². The van der Waals surface area contributed by atoms with E-state index in [4.69, 9.17) is 0 Å². The maximum atomic E-state index is 13.1. The molecule has 0 spiro atoms. The molecule has 0 radical (unpaired) electrons. The number of allylic oxidation sites excluding steroid dienone is 4. The fourth-order valence-corrected chi connectivity index (χ4v) is 5.27. The summed E-state index contributed by atoms with van der Waals surface area (Å²) in [5.74, 6) is 0.431. The van der Waals surface area contributed by atoms with Gasteiger partial charge in [-0.2, -0.15) is 0 Å². The molecule has 4 heteroatoms. The Balaban J connectivity index is 1.15. The average Bonchev–Trinajstić information content (AvgIpc) is 3.43. The molecular weight excluding hydrogens is 373 g/mol. The fourth-order valence-electron chi connectivity index (χ4n) is 5.27. The summed E-state index contributed by atoms with van der Waals surface area (Å²) in [6.45, 7) is 5.61. The Labute approximate surface area is 179 Å². The number of piperidine rings is 1. The van der Waals surface area contributed by atoms with E-state index < -0.39 is 0 Å². The van der Waals surface area contributed by atoms with Gasteiger partial charge in [-0.15, -0.1) is 0 Å². The lowest BCUT2D eigenvalue weighted by molar-refractivity contribution is 0.201. The molecule has 1 unspecified atom stereocenters. The molecule has 2 aromatic rings. The highest BCUT2D eigenvalue weighted by Gasteiger charge is 2.29. The largest absolute Gasteiger partial charge is 0.368 e. The molecular formula is C26H32FN3. The number of rotatable bonds is 6. The van der Waals surface area contributed by atoms with Gasteiger partial charge >= 0.3 is 0 Å². The van der Waals surface area contributed by atoms with E-state index >= 15 is 0 Å². The predicted molar refractivity (Wildman–Crippen MR) is 122 cm³/mol. The summed E-state index contributed by atoms with van der Waals surface area (Å²) >= 11 is 0. The first-order valence-corrected chi connectivity index (χ1v) is 11.5. The fraction of sp³-hybridized carbons (Fsp3) is 0.462. The van der Waals surface area contributed by atoms with Gasteiger partial charge in [0.05, 0.1) is 0 Å². The second-order valence-corrected chi connectivity index (χ2v) is 9.07. The van der Waals surface area contributed by atoms with Crippen LogP contribution in [0.5, 0.6) is 0 Å². The predicted octanol–water partition coefficient (Wildman–Crippen LogP) is 5.18. The SMILES string of the molecule is FC1=CCC(CCN2CCC(N3CCc4ccc(Cn5cccc5)cc43)CC2)C=C1. The van der Waals surface area contributed by atoms with Crippen molar-refractivity contribution in [2.45, 2.75) is 44.7 Å². The molecule has 1 atom stereocenters. The molecule has 2 aliphatic heterocycles. The zero-order chi connectivity index (χ0) is 20.3. The number of hydrogen-bond acceptors (Lipinski definition) is 2. The smallest absolute Gasteiger partial charge is 0.118 e. The van der Waals surface area contributed by atoms with Gasteiger partial charge in [0, 0.05) is 50.3 Å². The van der Waals surface area contributed by atoms with Crippen LogP contribution in [0.15, 0.2) is 66.8 Å². The molecule has 3 aliphatic rings. The highest BCUT2D eigenvalue weighted by Crippen LogP contribution is 2.34. The number of nitrogens with zero attached hydrogens (tertiary/aromatic N) is 3. The highest BCUT2D eigenvalue weighted by atomic mass is 19.1. The molecule has 1 saturated heterocycles. The first-order valence-electron chi connectivity index (χ1n) is 11.5. The molecule has 0 N–H and O–H groups in total. The highest BCUT2D eigenvalue weighted by molar-refractivity contribution is 5.60. The van der Waals surface area contributed by atoms with E-state index in [-0.39, 0.29) is 5.83 Å². The summed E-state index contributed by atoms with van der Waals surface area (Å²) in [4.78, 5) is 5.29. The maximum absolute atomic E-state index is 13.1. The lowest BCUT2D eigenvalue weighted by Gasteiger charge is -2.38. The molecule has 0 amide bonds. The third kappa shape index (κ3) is 4.39. The average molecular weight is 406 g/mol. The minimum absolute atomic E-state index is 0.0746. The van der Waals surface area contributed by atoms with Crippen LogP contribution in [-0.2, 0) is 13.0 Å². The van der Waals surface area contributed by atoms with Crippen LogP contribution in [-0.4, -0.2) is 41.7 Å². The molecule has 1 aliphatic carbocycles. The van der Waals surface area contributed by atoms with Gasteiger partial charge in [0.15, 0.2) is 0 Å².